The summed E-state index contributed by atoms with van der Waals surface area (Å²) in [5.41, 5.74) is -0.357. The fraction of sp³-hybridized carbons (Fsp3) is 0.310. The molecule has 41 heavy (non-hydrogen) atoms. The van der Waals surface area contributed by atoms with Crippen LogP contribution in [0, 0.1) is 5.92 Å². The SMILES string of the molecule is CC(C)CC(=O)N1CCN(c2cc(=O)[nH]c(=O)n2Cc2ccc(OS(=O)(=O)c3cccc4cnccc34)cc2)CC1. The second-order valence-electron chi connectivity index (χ2n) is 10.4. The highest BCUT2D eigenvalue weighted by Gasteiger charge is 2.24. The first kappa shape index (κ1) is 28.1. The van der Waals surface area contributed by atoms with E-state index in [1.807, 2.05) is 23.6 Å². The molecule has 12 heteroatoms. The molecule has 1 amide bonds. The number of fused-ring (bicyclic) bond motifs is 1. The van der Waals surface area contributed by atoms with Crippen molar-refractivity contribution in [3.8, 4) is 5.75 Å². The summed E-state index contributed by atoms with van der Waals surface area (Å²) in [7, 11) is -4.12. The summed E-state index contributed by atoms with van der Waals surface area (Å²) in [6, 6.07) is 14.3. The molecule has 0 aliphatic carbocycles. The smallest absolute Gasteiger partial charge is 0.339 e. The van der Waals surface area contributed by atoms with E-state index >= 15 is 0 Å². The first-order valence-corrected chi connectivity index (χ1v) is 14.7. The van der Waals surface area contributed by atoms with Crippen molar-refractivity contribution in [2.45, 2.75) is 31.7 Å². The van der Waals surface area contributed by atoms with Crippen LogP contribution in [0.15, 0.2) is 81.5 Å². The Hall–Kier alpha value is -4.45. The zero-order valence-corrected chi connectivity index (χ0v) is 23.6. The Bertz CT molecular complexity index is 1780. The lowest BCUT2D eigenvalue weighted by molar-refractivity contribution is -0.132. The number of hydrogen-bond donors (Lipinski definition) is 1. The number of aromatic amines is 1. The summed E-state index contributed by atoms with van der Waals surface area (Å²) < 4.78 is 33.0. The van der Waals surface area contributed by atoms with E-state index in [1.54, 1.807) is 36.5 Å². The Morgan fingerprint density at radius 1 is 1.02 bits per heavy atom. The molecule has 1 saturated heterocycles. The minimum absolute atomic E-state index is 0.0388. The highest BCUT2D eigenvalue weighted by atomic mass is 32.2. The number of benzene rings is 2. The molecule has 2 aromatic carbocycles. The average Bonchev–Trinajstić information content (AvgIpc) is 2.94. The molecule has 1 fully saturated rings. The highest BCUT2D eigenvalue weighted by Crippen LogP contribution is 2.26. The molecule has 0 unspecified atom stereocenters. The van der Waals surface area contributed by atoms with Gasteiger partial charge in [-0.3, -0.25) is 24.1 Å². The maximum Gasteiger partial charge on any atom is 0.339 e. The van der Waals surface area contributed by atoms with Crippen LogP contribution in [0.25, 0.3) is 10.8 Å². The molecule has 11 nitrogen and oxygen atoms in total. The number of carbonyl (C=O) groups excluding carboxylic acids is 1. The van der Waals surface area contributed by atoms with Crippen molar-refractivity contribution in [3.63, 3.8) is 0 Å². The second kappa shape index (κ2) is 11.6. The van der Waals surface area contributed by atoms with Crippen LogP contribution in [0.3, 0.4) is 0 Å². The number of pyridine rings is 1. The third-order valence-corrected chi connectivity index (χ3v) is 8.24. The molecule has 1 aliphatic heterocycles. The standard InChI is InChI=1S/C29H31N5O6S/c1-20(2)16-28(36)33-14-12-32(13-15-33)27-17-26(35)31-29(37)34(27)19-21-6-8-23(9-7-21)40-41(38,39)25-5-3-4-22-18-30-11-10-24(22)25/h3-11,17-18,20H,12-16,19H2,1-2H3,(H,31,35,37). The highest BCUT2D eigenvalue weighted by molar-refractivity contribution is 7.87. The number of piperazine rings is 1. The number of nitrogens with one attached hydrogen (secondary N) is 1. The Morgan fingerprint density at radius 3 is 2.46 bits per heavy atom. The topological polar surface area (TPSA) is 135 Å². The molecule has 3 heterocycles. The first-order valence-electron chi connectivity index (χ1n) is 13.3. The zero-order valence-electron chi connectivity index (χ0n) is 22.8. The normalized spacial score (nSPS) is 14.0. The van der Waals surface area contributed by atoms with Crippen molar-refractivity contribution in [2.75, 3.05) is 31.1 Å². The fourth-order valence-corrected chi connectivity index (χ4v) is 6.06. The number of amides is 1. The molecule has 2 aromatic heterocycles. The molecule has 0 bridgehead atoms. The molecular weight excluding hydrogens is 546 g/mol. The summed E-state index contributed by atoms with van der Waals surface area (Å²) in [5, 5.41) is 1.19. The third-order valence-electron chi connectivity index (χ3n) is 6.93. The lowest BCUT2D eigenvalue weighted by atomic mass is 10.1. The van der Waals surface area contributed by atoms with E-state index in [9.17, 15) is 22.8 Å². The Balaban J connectivity index is 1.32. The molecule has 0 radical (unpaired) electrons. The summed E-state index contributed by atoms with van der Waals surface area (Å²) in [6.45, 7) is 6.12. The van der Waals surface area contributed by atoms with Gasteiger partial charge in [-0.1, -0.05) is 38.1 Å². The van der Waals surface area contributed by atoms with Crippen LogP contribution in [0.4, 0.5) is 5.82 Å². The minimum atomic E-state index is -4.12. The summed E-state index contributed by atoms with van der Waals surface area (Å²) >= 11 is 0. The van der Waals surface area contributed by atoms with Gasteiger partial charge in [0.25, 0.3) is 5.56 Å². The number of H-pyrrole nitrogens is 1. The lowest BCUT2D eigenvalue weighted by Crippen LogP contribution is -2.50. The third kappa shape index (κ3) is 6.32. The number of aromatic nitrogens is 3. The molecule has 0 saturated carbocycles. The number of anilines is 1. The molecule has 5 rings (SSSR count). The Labute approximate surface area is 237 Å². The van der Waals surface area contributed by atoms with Crippen molar-refractivity contribution in [1.82, 2.24) is 19.4 Å². The van der Waals surface area contributed by atoms with Gasteiger partial charge in [0.15, 0.2) is 0 Å². The van der Waals surface area contributed by atoms with Gasteiger partial charge in [0, 0.05) is 61.8 Å². The van der Waals surface area contributed by atoms with Crippen molar-refractivity contribution >= 4 is 32.6 Å². The Morgan fingerprint density at radius 2 is 1.76 bits per heavy atom. The van der Waals surface area contributed by atoms with Crippen LogP contribution < -0.4 is 20.3 Å². The average molecular weight is 578 g/mol. The van der Waals surface area contributed by atoms with Crippen LogP contribution in [0.1, 0.15) is 25.8 Å². The predicted molar refractivity (Wildman–Crippen MR) is 155 cm³/mol. The van der Waals surface area contributed by atoms with Gasteiger partial charge in [0.1, 0.15) is 16.5 Å². The van der Waals surface area contributed by atoms with Gasteiger partial charge < -0.3 is 14.0 Å². The zero-order chi connectivity index (χ0) is 29.1. The van der Waals surface area contributed by atoms with Crippen molar-refractivity contribution in [1.29, 1.82) is 0 Å². The molecule has 0 spiro atoms. The maximum absolute atomic E-state index is 13.1. The van der Waals surface area contributed by atoms with E-state index in [0.29, 0.717) is 54.8 Å². The van der Waals surface area contributed by atoms with Crippen molar-refractivity contribution < 1.29 is 17.4 Å². The van der Waals surface area contributed by atoms with E-state index in [1.165, 1.54) is 35.0 Å². The van der Waals surface area contributed by atoms with Gasteiger partial charge in [-0.2, -0.15) is 8.42 Å². The Kier molecular flexibility index (Phi) is 7.93. The quantitative estimate of drug-likeness (QED) is 0.316. The van der Waals surface area contributed by atoms with E-state index in [0.717, 1.165) is 0 Å². The van der Waals surface area contributed by atoms with Crippen LogP contribution in [0.5, 0.6) is 5.75 Å². The van der Waals surface area contributed by atoms with Crippen LogP contribution in [-0.2, 0) is 21.5 Å². The summed E-state index contributed by atoms with van der Waals surface area (Å²) in [4.78, 5) is 47.6. The van der Waals surface area contributed by atoms with Gasteiger partial charge in [-0.15, -0.1) is 0 Å². The number of rotatable bonds is 8. The second-order valence-corrected chi connectivity index (χ2v) is 11.9. The monoisotopic (exact) mass is 577 g/mol. The first-order chi connectivity index (χ1) is 19.6. The molecule has 4 aromatic rings. The summed E-state index contributed by atoms with van der Waals surface area (Å²) in [6.07, 6.45) is 3.59. The van der Waals surface area contributed by atoms with Gasteiger partial charge in [-0.25, -0.2) is 4.79 Å². The fourth-order valence-electron chi connectivity index (χ4n) is 4.90. The van der Waals surface area contributed by atoms with E-state index in [4.69, 9.17) is 4.18 Å². The molecule has 1 aliphatic rings. The van der Waals surface area contributed by atoms with Crippen molar-refractivity contribution in [3.05, 3.63) is 93.4 Å². The predicted octanol–water partition coefficient (Wildman–Crippen LogP) is 2.60. The van der Waals surface area contributed by atoms with E-state index in [2.05, 4.69) is 9.97 Å². The molecule has 214 valence electrons. The summed E-state index contributed by atoms with van der Waals surface area (Å²) in [5.74, 6) is 0.954. The van der Waals surface area contributed by atoms with Gasteiger partial charge in [-0.05, 0) is 35.7 Å². The van der Waals surface area contributed by atoms with Crippen molar-refractivity contribution in [2.24, 2.45) is 5.92 Å². The van der Waals surface area contributed by atoms with Gasteiger partial charge >= 0.3 is 15.8 Å². The van der Waals surface area contributed by atoms with Gasteiger partial charge in [0.2, 0.25) is 5.91 Å². The lowest BCUT2D eigenvalue weighted by Gasteiger charge is -2.37. The molecule has 1 N–H and O–H groups in total. The van der Waals surface area contributed by atoms with Crippen LogP contribution >= 0.6 is 0 Å². The van der Waals surface area contributed by atoms with E-state index < -0.39 is 21.4 Å². The number of hydrogen-bond acceptors (Lipinski definition) is 8. The minimum Gasteiger partial charge on any atom is -0.379 e. The number of carbonyl (C=O) groups is 1. The molecule has 0 atom stereocenters. The maximum atomic E-state index is 13.1. The largest absolute Gasteiger partial charge is 0.379 e. The van der Waals surface area contributed by atoms with Gasteiger partial charge in [0.05, 0.1) is 6.54 Å². The van der Waals surface area contributed by atoms with Crippen LogP contribution in [-0.4, -0.2) is 59.9 Å². The molecular formula is C29H31N5O6S. The number of nitrogens with zero attached hydrogens (tertiary/aromatic N) is 4. The van der Waals surface area contributed by atoms with Crippen LogP contribution in [0.2, 0.25) is 0 Å². The van der Waals surface area contributed by atoms with E-state index in [-0.39, 0.29) is 29.0 Å².